The van der Waals surface area contributed by atoms with Crippen LogP contribution in [0.3, 0.4) is 0 Å². The smallest absolute Gasteiger partial charge is 0.387 e. The lowest BCUT2D eigenvalue weighted by atomic mass is 10.1. The van der Waals surface area contributed by atoms with Crippen LogP contribution in [0, 0.1) is 0 Å². The quantitative estimate of drug-likeness (QED) is 0.855. The van der Waals surface area contributed by atoms with Crippen molar-refractivity contribution in [1.29, 1.82) is 0 Å². The number of nitrogens with two attached hydrogens (primary N) is 1. The Kier molecular flexibility index (Phi) is 4.68. The molecule has 1 unspecified atom stereocenters. The van der Waals surface area contributed by atoms with Crippen molar-refractivity contribution in [2.75, 3.05) is 0 Å². The molecule has 0 aliphatic rings. The fourth-order valence-electron chi connectivity index (χ4n) is 1.88. The van der Waals surface area contributed by atoms with E-state index in [-0.39, 0.29) is 11.8 Å². The van der Waals surface area contributed by atoms with Crippen molar-refractivity contribution in [2.45, 2.75) is 32.4 Å². The van der Waals surface area contributed by atoms with Crippen molar-refractivity contribution in [3.63, 3.8) is 0 Å². The van der Waals surface area contributed by atoms with Crippen LogP contribution in [0.1, 0.15) is 19.2 Å². The second kappa shape index (κ2) is 6.47. The molecule has 0 saturated carbocycles. The van der Waals surface area contributed by atoms with Gasteiger partial charge in [0.2, 0.25) is 0 Å². The summed E-state index contributed by atoms with van der Waals surface area (Å²) in [5.74, 6) is 0.911. The average molecular weight is 281 g/mol. The first kappa shape index (κ1) is 14.5. The average Bonchev–Trinajstić information content (AvgIpc) is 2.85. The van der Waals surface area contributed by atoms with Crippen LogP contribution in [-0.4, -0.2) is 22.6 Å². The summed E-state index contributed by atoms with van der Waals surface area (Å²) in [5.41, 5.74) is 6.91. The van der Waals surface area contributed by atoms with Gasteiger partial charge in [-0.3, -0.25) is 0 Å². The van der Waals surface area contributed by atoms with Crippen molar-refractivity contribution in [1.82, 2.24) is 9.97 Å². The molecule has 20 heavy (non-hydrogen) atoms. The van der Waals surface area contributed by atoms with E-state index in [4.69, 9.17) is 5.73 Å². The molecule has 0 saturated heterocycles. The second-order valence-corrected chi connectivity index (χ2v) is 4.63. The molecule has 6 heteroatoms. The number of H-pyrrole nitrogens is 1. The predicted octanol–water partition coefficient (Wildman–Crippen LogP) is 2.96. The molecular weight excluding hydrogens is 264 g/mol. The van der Waals surface area contributed by atoms with Crippen molar-refractivity contribution in [3.8, 4) is 17.0 Å². The predicted molar refractivity (Wildman–Crippen MR) is 72.6 cm³/mol. The Morgan fingerprint density at radius 2 is 2.10 bits per heavy atom. The molecule has 0 bridgehead atoms. The molecule has 108 valence electrons. The number of alkyl halides is 2. The maximum Gasteiger partial charge on any atom is 0.387 e. The van der Waals surface area contributed by atoms with Crippen LogP contribution in [0.25, 0.3) is 11.3 Å². The summed E-state index contributed by atoms with van der Waals surface area (Å²) in [6, 6.07) is 6.72. The molecule has 0 fully saturated rings. The molecule has 2 rings (SSSR count). The third kappa shape index (κ3) is 3.77. The van der Waals surface area contributed by atoms with Crippen molar-refractivity contribution in [2.24, 2.45) is 5.73 Å². The van der Waals surface area contributed by atoms with E-state index in [9.17, 15) is 8.78 Å². The highest BCUT2D eigenvalue weighted by molar-refractivity contribution is 5.66. The molecular formula is C14H17F2N3O. The van der Waals surface area contributed by atoms with E-state index in [1.54, 1.807) is 24.4 Å². The van der Waals surface area contributed by atoms with E-state index in [2.05, 4.69) is 14.7 Å². The number of rotatable bonds is 6. The highest BCUT2D eigenvalue weighted by atomic mass is 19.3. The van der Waals surface area contributed by atoms with Gasteiger partial charge in [0.1, 0.15) is 11.6 Å². The maximum absolute atomic E-state index is 12.4. The number of benzene rings is 1. The molecule has 1 atom stereocenters. The Morgan fingerprint density at radius 3 is 2.80 bits per heavy atom. The fraction of sp³-hybridized carbons (Fsp3) is 0.357. The Balaban J connectivity index is 2.19. The Hall–Kier alpha value is -1.95. The van der Waals surface area contributed by atoms with Crippen LogP contribution in [0.5, 0.6) is 5.75 Å². The number of para-hydroxylation sites is 1. The van der Waals surface area contributed by atoms with E-state index in [1.807, 2.05) is 6.92 Å². The zero-order chi connectivity index (χ0) is 14.5. The molecule has 1 aromatic carbocycles. The van der Waals surface area contributed by atoms with Gasteiger partial charge < -0.3 is 15.5 Å². The van der Waals surface area contributed by atoms with Gasteiger partial charge in [-0.2, -0.15) is 8.78 Å². The monoisotopic (exact) mass is 281 g/mol. The molecule has 0 aliphatic heterocycles. The summed E-state index contributed by atoms with van der Waals surface area (Å²) < 4.78 is 29.2. The van der Waals surface area contributed by atoms with Gasteiger partial charge in [0.25, 0.3) is 0 Å². The van der Waals surface area contributed by atoms with E-state index in [0.29, 0.717) is 11.3 Å². The minimum atomic E-state index is -2.85. The van der Waals surface area contributed by atoms with Gasteiger partial charge in [-0.15, -0.1) is 0 Å². The Morgan fingerprint density at radius 1 is 1.35 bits per heavy atom. The molecule has 1 heterocycles. The number of aromatic amines is 1. The van der Waals surface area contributed by atoms with Gasteiger partial charge in [-0.05, 0) is 25.5 Å². The van der Waals surface area contributed by atoms with Crippen molar-refractivity contribution in [3.05, 3.63) is 36.3 Å². The van der Waals surface area contributed by atoms with Gasteiger partial charge in [-0.1, -0.05) is 12.1 Å². The lowest BCUT2D eigenvalue weighted by Gasteiger charge is -2.08. The minimum Gasteiger partial charge on any atom is -0.434 e. The lowest BCUT2D eigenvalue weighted by Crippen LogP contribution is -2.15. The summed E-state index contributed by atoms with van der Waals surface area (Å²) in [4.78, 5) is 7.34. The SMILES string of the molecule is CC(N)CCc1ncc(-c2ccccc2OC(F)F)[nH]1. The van der Waals surface area contributed by atoms with Crippen LogP contribution < -0.4 is 10.5 Å². The van der Waals surface area contributed by atoms with Crippen LogP contribution in [0.4, 0.5) is 8.78 Å². The summed E-state index contributed by atoms with van der Waals surface area (Å²) in [7, 11) is 0. The highest BCUT2D eigenvalue weighted by Crippen LogP contribution is 2.29. The number of aromatic nitrogens is 2. The zero-order valence-corrected chi connectivity index (χ0v) is 11.1. The number of halogens is 2. The summed E-state index contributed by atoms with van der Waals surface area (Å²) in [6.45, 7) is -0.924. The van der Waals surface area contributed by atoms with E-state index < -0.39 is 6.61 Å². The largest absolute Gasteiger partial charge is 0.434 e. The van der Waals surface area contributed by atoms with Gasteiger partial charge in [0.15, 0.2) is 0 Å². The van der Waals surface area contributed by atoms with Crippen LogP contribution in [0.15, 0.2) is 30.5 Å². The summed E-state index contributed by atoms with van der Waals surface area (Å²) >= 11 is 0. The van der Waals surface area contributed by atoms with Crippen LogP contribution in [0.2, 0.25) is 0 Å². The van der Waals surface area contributed by atoms with E-state index in [0.717, 1.165) is 18.7 Å². The molecule has 4 nitrogen and oxygen atoms in total. The fourth-order valence-corrected chi connectivity index (χ4v) is 1.88. The first-order valence-electron chi connectivity index (χ1n) is 6.40. The van der Waals surface area contributed by atoms with Gasteiger partial charge >= 0.3 is 6.61 Å². The van der Waals surface area contributed by atoms with Gasteiger partial charge in [0.05, 0.1) is 11.9 Å². The first-order valence-corrected chi connectivity index (χ1v) is 6.40. The Labute approximate surface area is 116 Å². The molecule has 1 aromatic heterocycles. The topological polar surface area (TPSA) is 63.9 Å². The Bertz CT molecular complexity index is 555. The highest BCUT2D eigenvalue weighted by Gasteiger charge is 2.12. The van der Waals surface area contributed by atoms with E-state index in [1.165, 1.54) is 6.07 Å². The summed E-state index contributed by atoms with van der Waals surface area (Å²) in [5, 5.41) is 0. The van der Waals surface area contributed by atoms with E-state index >= 15 is 0 Å². The van der Waals surface area contributed by atoms with Crippen molar-refractivity contribution >= 4 is 0 Å². The van der Waals surface area contributed by atoms with Crippen LogP contribution in [-0.2, 0) is 6.42 Å². The number of hydrogen-bond acceptors (Lipinski definition) is 3. The molecule has 0 radical (unpaired) electrons. The second-order valence-electron chi connectivity index (χ2n) is 4.63. The molecule has 0 aliphatic carbocycles. The third-order valence-electron chi connectivity index (χ3n) is 2.86. The number of nitrogens with zero attached hydrogens (tertiary/aromatic N) is 1. The van der Waals surface area contributed by atoms with Gasteiger partial charge in [-0.25, -0.2) is 4.98 Å². The molecule has 0 amide bonds. The lowest BCUT2D eigenvalue weighted by molar-refractivity contribution is -0.0494. The molecule has 3 N–H and O–H groups in total. The zero-order valence-electron chi connectivity index (χ0n) is 11.1. The summed E-state index contributed by atoms with van der Waals surface area (Å²) in [6.07, 6.45) is 3.14. The molecule has 2 aromatic rings. The van der Waals surface area contributed by atoms with Crippen LogP contribution >= 0.6 is 0 Å². The molecule has 0 spiro atoms. The number of nitrogens with one attached hydrogen (secondary N) is 1. The number of aryl methyl sites for hydroxylation is 1. The van der Waals surface area contributed by atoms with Gasteiger partial charge in [0, 0.05) is 18.0 Å². The third-order valence-corrected chi connectivity index (χ3v) is 2.86. The standard InChI is InChI=1S/C14H17F2N3O/c1-9(17)6-7-13-18-8-11(19-13)10-4-2-3-5-12(10)20-14(15)16/h2-5,8-9,14H,6-7,17H2,1H3,(H,18,19). The first-order chi connectivity index (χ1) is 9.56. The normalized spacial score (nSPS) is 12.7. The van der Waals surface area contributed by atoms with Crippen molar-refractivity contribution < 1.29 is 13.5 Å². The minimum absolute atomic E-state index is 0.0954. The maximum atomic E-state index is 12.4. The number of ether oxygens (including phenoxy) is 1. The number of imidazole rings is 1. The number of hydrogen-bond donors (Lipinski definition) is 2.